The Morgan fingerprint density at radius 3 is 2.82 bits per heavy atom. The summed E-state index contributed by atoms with van der Waals surface area (Å²) in [5.74, 6) is 0.195. The summed E-state index contributed by atoms with van der Waals surface area (Å²) in [5, 5.41) is 14.1. The van der Waals surface area contributed by atoms with Gasteiger partial charge in [-0.2, -0.15) is 5.26 Å². The number of carbonyl (C=O) groups excluding carboxylic acids is 1. The van der Waals surface area contributed by atoms with Gasteiger partial charge < -0.3 is 10.1 Å². The first kappa shape index (κ1) is 19.2. The van der Waals surface area contributed by atoms with Gasteiger partial charge in [-0.1, -0.05) is 37.6 Å². The van der Waals surface area contributed by atoms with Gasteiger partial charge in [0.2, 0.25) is 5.82 Å². The minimum absolute atomic E-state index is 0.0295. The fraction of sp³-hybridized carbons (Fsp3) is 0.100. The molecule has 0 bridgehead atoms. The maximum absolute atomic E-state index is 11.8. The summed E-state index contributed by atoms with van der Waals surface area (Å²) in [6.45, 7) is 4.00. The van der Waals surface area contributed by atoms with E-state index in [1.807, 2.05) is 36.4 Å². The molecule has 8 heteroatoms. The molecule has 0 aliphatic carbocycles. The Hall–Kier alpha value is -3.57. The van der Waals surface area contributed by atoms with E-state index in [9.17, 15) is 4.79 Å². The van der Waals surface area contributed by atoms with Gasteiger partial charge in [0.05, 0.1) is 24.6 Å². The SMILES string of the molecule is C=C(C#N)CNc1c(OC)ccc2ccc(-c3ccnc(C(=O)NS)n3)cc12. The molecule has 2 N–H and O–H groups in total. The van der Waals surface area contributed by atoms with Gasteiger partial charge in [0.1, 0.15) is 5.75 Å². The summed E-state index contributed by atoms with van der Waals surface area (Å²) < 4.78 is 7.68. The molecular formula is C20H17N5O2S. The summed E-state index contributed by atoms with van der Waals surface area (Å²) in [4.78, 5) is 20.0. The molecule has 0 aliphatic heterocycles. The van der Waals surface area contributed by atoms with Crippen molar-refractivity contribution < 1.29 is 9.53 Å². The van der Waals surface area contributed by atoms with E-state index in [1.165, 1.54) is 6.20 Å². The molecule has 0 unspecified atom stereocenters. The van der Waals surface area contributed by atoms with Crippen LogP contribution in [0.15, 0.2) is 54.7 Å². The van der Waals surface area contributed by atoms with Crippen LogP contribution in [0.25, 0.3) is 22.0 Å². The van der Waals surface area contributed by atoms with Crippen molar-refractivity contribution in [3.63, 3.8) is 0 Å². The molecule has 3 rings (SSSR count). The third-order valence-corrected chi connectivity index (χ3v) is 4.30. The smallest absolute Gasteiger partial charge is 0.298 e. The first-order chi connectivity index (χ1) is 13.6. The van der Waals surface area contributed by atoms with Crippen LogP contribution in [0.5, 0.6) is 5.75 Å². The number of ether oxygens (including phenoxy) is 1. The maximum Gasteiger partial charge on any atom is 0.298 e. The van der Waals surface area contributed by atoms with Crippen molar-refractivity contribution in [1.82, 2.24) is 14.7 Å². The molecule has 28 heavy (non-hydrogen) atoms. The number of anilines is 1. The van der Waals surface area contributed by atoms with Crippen LogP contribution in [-0.4, -0.2) is 29.5 Å². The van der Waals surface area contributed by atoms with E-state index in [-0.39, 0.29) is 5.82 Å². The Morgan fingerprint density at radius 2 is 2.11 bits per heavy atom. The molecule has 1 heterocycles. The van der Waals surface area contributed by atoms with Crippen molar-refractivity contribution in [2.45, 2.75) is 0 Å². The number of methoxy groups -OCH3 is 1. The average molecular weight is 391 g/mol. The summed E-state index contributed by atoms with van der Waals surface area (Å²) >= 11 is 3.75. The van der Waals surface area contributed by atoms with Gasteiger partial charge in [0.15, 0.2) is 0 Å². The number of thiol groups is 1. The Labute approximate surface area is 167 Å². The molecule has 0 atom stereocenters. The Balaban J connectivity index is 2.10. The third-order valence-electron chi connectivity index (χ3n) is 4.10. The van der Waals surface area contributed by atoms with Gasteiger partial charge in [-0.3, -0.25) is 9.52 Å². The predicted octanol–water partition coefficient (Wildman–Crippen LogP) is 3.37. The molecule has 0 fully saturated rings. The summed E-state index contributed by atoms with van der Waals surface area (Å²) in [6, 6.07) is 13.4. The second kappa shape index (κ2) is 8.41. The van der Waals surface area contributed by atoms with Crippen molar-refractivity contribution in [1.29, 1.82) is 5.26 Å². The predicted molar refractivity (Wildman–Crippen MR) is 111 cm³/mol. The number of hydrogen-bond donors (Lipinski definition) is 3. The number of aromatic nitrogens is 2. The van der Waals surface area contributed by atoms with E-state index < -0.39 is 5.91 Å². The normalized spacial score (nSPS) is 10.2. The van der Waals surface area contributed by atoms with Gasteiger partial charge in [-0.05, 0) is 23.6 Å². The number of nitriles is 1. The highest BCUT2D eigenvalue weighted by atomic mass is 32.1. The van der Waals surface area contributed by atoms with Crippen LogP contribution in [0.4, 0.5) is 5.69 Å². The number of amides is 1. The zero-order chi connectivity index (χ0) is 20.1. The second-order valence-electron chi connectivity index (χ2n) is 5.85. The van der Waals surface area contributed by atoms with Gasteiger partial charge >= 0.3 is 0 Å². The van der Waals surface area contributed by atoms with Crippen LogP contribution in [0.2, 0.25) is 0 Å². The third kappa shape index (κ3) is 3.89. The Bertz CT molecular complexity index is 1110. The molecule has 1 aromatic heterocycles. The van der Waals surface area contributed by atoms with Gasteiger partial charge in [-0.25, -0.2) is 9.97 Å². The molecule has 3 aromatic rings. The topological polar surface area (TPSA) is 99.9 Å². The number of rotatable bonds is 6. The van der Waals surface area contributed by atoms with Crippen LogP contribution in [0, 0.1) is 11.3 Å². The second-order valence-corrected chi connectivity index (χ2v) is 6.08. The Morgan fingerprint density at radius 1 is 1.32 bits per heavy atom. The number of nitrogens with one attached hydrogen (secondary N) is 2. The molecule has 0 aliphatic rings. The van der Waals surface area contributed by atoms with Crippen molar-refractivity contribution in [2.24, 2.45) is 0 Å². The first-order valence-electron chi connectivity index (χ1n) is 8.27. The van der Waals surface area contributed by atoms with Crippen LogP contribution in [0.1, 0.15) is 10.6 Å². The Kier molecular flexibility index (Phi) is 5.77. The quantitative estimate of drug-likeness (QED) is 0.440. The largest absolute Gasteiger partial charge is 0.495 e. The summed E-state index contributed by atoms with van der Waals surface area (Å²) in [5.41, 5.74) is 2.56. The van der Waals surface area contributed by atoms with Crippen LogP contribution >= 0.6 is 12.8 Å². The number of hydrogen-bond acceptors (Lipinski definition) is 7. The molecule has 1 amide bonds. The fourth-order valence-corrected chi connectivity index (χ4v) is 2.82. The lowest BCUT2D eigenvalue weighted by Gasteiger charge is -2.15. The lowest BCUT2D eigenvalue weighted by molar-refractivity contribution is 0.0975. The number of carbonyl (C=O) groups is 1. The van der Waals surface area contributed by atoms with E-state index >= 15 is 0 Å². The van der Waals surface area contributed by atoms with Gasteiger partial charge in [-0.15, -0.1) is 0 Å². The van der Waals surface area contributed by atoms with E-state index in [2.05, 4.69) is 39.4 Å². The maximum atomic E-state index is 11.8. The molecule has 140 valence electrons. The highest BCUT2D eigenvalue weighted by Gasteiger charge is 2.12. The lowest BCUT2D eigenvalue weighted by atomic mass is 10.0. The number of nitrogens with zero attached hydrogens (tertiary/aromatic N) is 3. The highest BCUT2D eigenvalue weighted by Crippen LogP contribution is 2.35. The highest BCUT2D eigenvalue weighted by molar-refractivity contribution is 7.78. The van der Waals surface area contributed by atoms with Gasteiger partial charge in [0, 0.05) is 29.3 Å². The van der Waals surface area contributed by atoms with Crippen LogP contribution in [-0.2, 0) is 0 Å². The standard InChI is InChI=1S/C20H17N5O2S/c1-12(10-21)11-23-18-15-9-14(4-3-13(15)5-6-17(18)27-2)16-7-8-22-19(24-16)20(26)25-28/h3-9,23,28H,1,11H2,2H3,(H,25,26). The monoisotopic (exact) mass is 391 g/mol. The van der Waals surface area contributed by atoms with Crippen LogP contribution in [0.3, 0.4) is 0 Å². The van der Waals surface area contributed by atoms with E-state index in [0.29, 0.717) is 23.6 Å². The van der Waals surface area contributed by atoms with Gasteiger partial charge in [0.25, 0.3) is 5.91 Å². The zero-order valence-corrected chi connectivity index (χ0v) is 16.0. The van der Waals surface area contributed by atoms with Crippen molar-refractivity contribution in [3.8, 4) is 23.1 Å². The fourth-order valence-electron chi connectivity index (χ4n) is 2.72. The molecule has 0 spiro atoms. The number of fused-ring (bicyclic) bond motifs is 1. The minimum Gasteiger partial charge on any atom is -0.495 e. The number of benzene rings is 2. The summed E-state index contributed by atoms with van der Waals surface area (Å²) in [6.07, 6.45) is 1.52. The molecular weight excluding hydrogens is 374 g/mol. The average Bonchev–Trinajstić information content (AvgIpc) is 2.76. The molecule has 0 saturated heterocycles. The van der Waals surface area contributed by atoms with E-state index in [0.717, 1.165) is 22.0 Å². The van der Waals surface area contributed by atoms with E-state index in [4.69, 9.17) is 10.00 Å². The molecule has 0 radical (unpaired) electrons. The van der Waals surface area contributed by atoms with E-state index in [1.54, 1.807) is 13.2 Å². The first-order valence-corrected chi connectivity index (χ1v) is 8.72. The van der Waals surface area contributed by atoms with Crippen molar-refractivity contribution >= 4 is 35.2 Å². The minimum atomic E-state index is -0.481. The van der Waals surface area contributed by atoms with Crippen molar-refractivity contribution in [2.75, 3.05) is 19.0 Å². The zero-order valence-electron chi connectivity index (χ0n) is 15.1. The van der Waals surface area contributed by atoms with Crippen molar-refractivity contribution in [3.05, 3.63) is 60.6 Å². The molecule has 7 nitrogen and oxygen atoms in total. The van der Waals surface area contributed by atoms with Crippen LogP contribution < -0.4 is 14.8 Å². The summed E-state index contributed by atoms with van der Waals surface area (Å²) in [7, 11) is 1.59. The molecule has 0 saturated carbocycles. The lowest BCUT2D eigenvalue weighted by Crippen LogP contribution is -2.16. The molecule has 2 aromatic carbocycles.